The molecule has 6 unspecified atom stereocenters. The molecular formula is C50H41NS. The predicted octanol–water partition coefficient (Wildman–Crippen LogP) is 13.6. The van der Waals surface area contributed by atoms with Crippen molar-refractivity contribution in [3.63, 3.8) is 0 Å². The molecule has 6 aliphatic carbocycles. The summed E-state index contributed by atoms with van der Waals surface area (Å²) in [6, 6.07) is 49.6. The number of hydrogen-bond donors (Lipinski definition) is 0. The number of benzene rings is 6. The molecule has 4 fully saturated rings. The fraction of sp³-hybridized carbons (Fsp3) is 0.280. The summed E-state index contributed by atoms with van der Waals surface area (Å²) in [7, 11) is 0. The van der Waals surface area contributed by atoms with Crippen LogP contribution in [0, 0.1) is 29.1 Å². The molecule has 6 aliphatic rings. The number of hydrogen-bond acceptors (Lipinski definition) is 2. The third kappa shape index (κ3) is 3.26. The first kappa shape index (κ1) is 28.9. The van der Waals surface area contributed by atoms with E-state index in [4.69, 9.17) is 0 Å². The molecule has 52 heavy (non-hydrogen) atoms. The normalized spacial score (nSPS) is 28.9. The molecule has 7 aromatic rings. The molecule has 1 heterocycles. The van der Waals surface area contributed by atoms with Crippen molar-refractivity contribution in [1.29, 1.82) is 0 Å². The van der Waals surface area contributed by atoms with Gasteiger partial charge < -0.3 is 4.90 Å². The smallest absolute Gasteiger partial charge is 0.0468 e. The molecule has 1 aromatic heterocycles. The molecule has 1 nitrogen and oxygen atoms in total. The van der Waals surface area contributed by atoms with Crippen LogP contribution in [0.15, 0.2) is 127 Å². The molecule has 0 aliphatic heterocycles. The van der Waals surface area contributed by atoms with Gasteiger partial charge in [-0.25, -0.2) is 0 Å². The summed E-state index contributed by atoms with van der Waals surface area (Å²) < 4.78 is 2.70. The fourth-order valence-corrected chi connectivity index (χ4v) is 14.8. The van der Waals surface area contributed by atoms with E-state index in [1.807, 2.05) is 11.3 Å². The van der Waals surface area contributed by atoms with Crippen LogP contribution >= 0.6 is 11.3 Å². The maximum Gasteiger partial charge on any atom is 0.0468 e. The molecule has 3 bridgehead atoms. The van der Waals surface area contributed by atoms with E-state index in [9.17, 15) is 0 Å². The lowest BCUT2D eigenvalue weighted by molar-refractivity contribution is -0.0193. The second-order valence-electron chi connectivity index (χ2n) is 17.8. The molecule has 2 heteroatoms. The Labute approximate surface area is 309 Å². The van der Waals surface area contributed by atoms with Crippen LogP contribution in [-0.4, -0.2) is 0 Å². The molecule has 0 radical (unpaired) electrons. The Morgan fingerprint density at radius 2 is 1.17 bits per heavy atom. The quantitative estimate of drug-likeness (QED) is 0.179. The highest BCUT2D eigenvalue weighted by atomic mass is 32.1. The van der Waals surface area contributed by atoms with Crippen LogP contribution in [0.2, 0.25) is 0 Å². The Kier molecular flexibility index (Phi) is 5.25. The van der Waals surface area contributed by atoms with Crippen molar-refractivity contribution >= 4 is 48.6 Å². The molecule has 0 saturated heterocycles. The van der Waals surface area contributed by atoms with Crippen molar-refractivity contribution in [2.24, 2.45) is 29.1 Å². The third-order valence-corrected chi connectivity index (χ3v) is 16.7. The molecule has 2 spiro atoms. The van der Waals surface area contributed by atoms with E-state index in [0.29, 0.717) is 5.41 Å². The third-order valence-electron chi connectivity index (χ3n) is 15.6. The predicted molar refractivity (Wildman–Crippen MR) is 217 cm³/mol. The van der Waals surface area contributed by atoms with Crippen LogP contribution in [-0.2, 0) is 10.8 Å². The van der Waals surface area contributed by atoms with Gasteiger partial charge in [0, 0.05) is 48.1 Å². The first-order valence-corrected chi connectivity index (χ1v) is 20.5. The van der Waals surface area contributed by atoms with Crippen LogP contribution in [0.4, 0.5) is 17.1 Å². The minimum atomic E-state index is -0.0654. The van der Waals surface area contributed by atoms with Gasteiger partial charge in [0.2, 0.25) is 0 Å². The van der Waals surface area contributed by atoms with E-state index in [-0.39, 0.29) is 10.8 Å². The number of rotatable bonds is 3. The fourth-order valence-electron chi connectivity index (χ4n) is 13.8. The highest BCUT2D eigenvalue weighted by molar-refractivity contribution is 7.25. The summed E-state index contributed by atoms with van der Waals surface area (Å²) in [5.41, 5.74) is 16.3. The van der Waals surface area contributed by atoms with E-state index in [1.165, 1.54) is 103 Å². The van der Waals surface area contributed by atoms with Gasteiger partial charge in [-0.1, -0.05) is 92.7 Å². The first-order chi connectivity index (χ1) is 25.4. The maximum atomic E-state index is 2.60. The highest BCUT2D eigenvalue weighted by Gasteiger charge is 2.76. The minimum Gasteiger partial charge on any atom is -0.310 e. The van der Waals surface area contributed by atoms with E-state index in [1.54, 1.807) is 11.1 Å². The summed E-state index contributed by atoms with van der Waals surface area (Å²) in [4.78, 5) is 2.56. The molecule has 0 amide bonds. The lowest BCUT2D eigenvalue weighted by atomic mass is 9.49. The molecule has 252 valence electrons. The van der Waals surface area contributed by atoms with Crippen LogP contribution in [0.1, 0.15) is 68.2 Å². The largest absolute Gasteiger partial charge is 0.310 e. The van der Waals surface area contributed by atoms with Crippen LogP contribution in [0.5, 0.6) is 0 Å². The number of fused-ring (bicyclic) bond motifs is 15. The number of nitrogens with zero attached hydrogens (tertiary/aromatic N) is 1. The van der Waals surface area contributed by atoms with E-state index in [0.717, 1.165) is 23.7 Å². The highest BCUT2D eigenvalue weighted by Crippen LogP contribution is 2.83. The number of anilines is 3. The van der Waals surface area contributed by atoms with Crippen molar-refractivity contribution in [3.8, 4) is 22.3 Å². The SMILES string of the molecule is CC1(C)c2ccccc2-c2ccc(N(c3ccc4c(c3)-c3ccccc3C43C4CC5CC6CC3C6(C5)C4)c3ccc4sc5ccccc5c4c3)cc21. The molecule has 4 saturated carbocycles. The first-order valence-electron chi connectivity index (χ1n) is 19.7. The molecular weight excluding hydrogens is 647 g/mol. The van der Waals surface area contributed by atoms with Gasteiger partial charge >= 0.3 is 0 Å². The zero-order chi connectivity index (χ0) is 34.1. The van der Waals surface area contributed by atoms with E-state index < -0.39 is 0 Å². The Balaban J connectivity index is 1.03. The second-order valence-corrected chi connectivity index (χ2v) is 18.9. The molecule has 0 N–H and O–H groups in total. The van der Waals surface area contributed by atoms with Gasteiger partial charge in [0.25, 0.3) is 0 Å². The van der Waals surface area contributed by atoms with Gasteiger partial charge in [-0.2, -0.15) is 0 Å². The van der Waals surface area contributed by atoms with Crippen LogP contribution < -0.4 is 4.90 Å². The Hall–Kier alpha value is -4.66. The average molecular weight is 688 g/mol. The van der Waals surface area contributed by atoms with Crippen molar-refractivity contribution in [2.75, 3.05) is 4.90 Å². The summed E-state index contributed by atoms with van der Waals surface area (Å²) in [5, 5.41) is 2.69. The molecule has 13 rings (SSSR count). The monoisotopic (exact) mass is 687 g/mol. The number of thiophene rings is 1. The maximum absolute atomic E-state index is 2.60. The van der Waals surface area contributed by atoms with Gasteiger partial charge in [-0.15, -0.1) is 11.3 Å². The summed E-state index contributed by atoms with van der Waals surface area (Å²) >= 11 is 1.90. The average Bonchev–Trinajstić information content (AvgIpc) is 3.85. The van der Waals surface area contributed by atoms with Crippen molar-refractivity contribution in [1.82, 2.24) is 0 Å². The Morgan fingerprint density at radius 3 is 2.08 bits per heavy atom. The van der Waals surface area contributed by atoms with E-state index >= 15 is 0 Å². The lowest BCUT2D eigenvalue weighted by Gasteiger charge is -2.54. The van der Waals surface area contributed by atoms with E-state index in [2.05, 4.69) is 146 Å². The lowest BCUT2D eigenvalue weighted by Crippen LogP contribution is -2.50. The van der Waals surface area contributed by atoms with Gasteiger partial charge in [-0.05, 0) is 154 Å². The zero-order valence-corrected chi connectivity index (χ0v) is 30.6. The Morgan fingerprint density at radius 1 is 0.519 bits per heavy atom. The van der Waals surface area contributed by atoms with Gasteiger partial charge in [0.1, 0.15) is 0 Å². The zero-order valence-electron chi connectivity index (χ0n) is 29.8. The van der Waals surface area contributed by atoms with Crippen molar-refractivity contribution in [2.45, 2.75) is 56.8 Å². The summed E-state index contributed by atoms with van der Waals surface area (Å²) in [5.74, 6) is 3.53. The van der Waals surface area contributed by atoms with Crippen LogP contribution in [0.25, 0.3) is 42.4 Å². The van der Waals surface area contributed by atoms with Gasteiger partial charge in [-0.3, -0.25) is 0 Å². The van der Waals surface area contributed by atoms with Crippen molar-refractivity contribution in [3.05, 3.63) is 150 Å². The summed E-state index contributed by atoms with van der Waals surface area (Å²) in [6.45, 7) is 4.80. The molecule has 6 aromatic carbocycles. The standard InChI is InChI=1S/C50H41NS/c1-48(2)41-12-6-3-9-35(41)37-18-15-34(26-44(37)48)51(33-17-20-46-40(25-33)38-11-5-8-14-45(38)52-46)32-16-19-43-39(24-32)36-10-4-7-13-42(36)50(43)31-22-29-21-30-23-47(50)49(30,27-29)28-31/h3-20,24-26,29-31,47H,21-23,27-28H2,1-2H3. The minimum absolute atomic E-state index is 0.0654. The van der Waals surface area contributed by atoms with Crippen LogP contribution in [0.3, 0.4) is 0 Å². The van der Waals surface area contributed by atoms with Gasteiger partial charge in [0.15, 0.2) is 0 Å². The molecule has 6 atom stereocenters. The topological polar surface area (TPSA) is 3.24 Å². The second kappa shape index (κ2) is 9.46. The van der Waals surface area contributed by atoms with Gasteiger partial charge in [0.05, 0.1) is 0 Å². The Bertz CT molecular complexity index is 2710. The summed E-state index contributed by atoms with van der Waals surface area (Å²) in [6.07, 6.45) is 7.34. The van der Waals surface area contributed by atoms with Crippen molar-refractivity contribution < 1.29 is 0 Å².